The van der Waals surface area contributed by atoms with Gasteiger partial charge >= 0.3 is 5.97 Å². The molecule has 2 aromatic rings. The zero-order chi connectivity index (χ0) is 26.1. The van der Waals surface area contributed by atoms with Crippen LogP contribution in [0.5, 0.6) is 0 Å². The molecule has 1 aromatic carbocycles. The molecule has 8 nitrogen and oxygen atoms in total. The summed E-state index contributed by atoms with van der Waals surface area (Å²) in [6.07, 6.45) is 5.69. The van der Waals surface area contributed by atoms with Crippen molar-refractivity contribution >= 4 is 17.7 Å². The number of nitrogens with zero attached hydrogens (tertiary/aromatic N) is 1. The van der Waals surface area contributed by atoms with Gasteiger partial charge in [-0.25, -0.2) is 14.2 Å². The van der Waals surface area contributed by atoms with Crippen LogP contribution >= 0.6 is 0 Å². The van der Waals surface area contributed by atoms with Crippen molar-refractivity contribution < 1.29 is 28.6 Å². The molecule has 0 aliphatic carbocycles. The lowest BCUT2D eigenvalue weighted by Crippen LogP contribution is -2.53. The maximum atomic E-state index is 13.9. The molecule has 4 rings (SSSR count). The fourth-order valence-corrected chi connectivity index (χ4v) is 5.03. The molecule has 37 heavy (non-hydrogen) atoms. The third-order valence-corrected chi connectivity index (χ3v) is 7.24. The minimum atomic E-state index is -1.12. The molecule has 3 heterocycles. The smallest absolute Gasteiger partial charge is 0.326 e. The van der Waals surface area contributed by atoms with Gasteiger partial charge in [0.25, 0.3) is 0 Å². The van der Waals surface area contributed by atoms with Crippen LogP contribution in [0.25, 0.3) is 0 Å². The van der Waals surface area contributed by atoms with Crippen LogP contribution in [0.2, 0.25) is 0 Å². The number of rotatable bonds is 12. The van der Waals surface area contributed by atoms with Gasteiger partial charge in [-0.05, 0) is 74.3 Å². The molecule has 0 saturated carbocycles. The standard InChI is InChI=1S/C28H36FN3O5/c29-22-7-3-6-21(19-22)28(12-17-37-18-13-28)27(35)32-24(26(33)34)11-16-36-15-2-1-8-23-10-9-20-5-4-14-30-25(20)31-23/h3,6-7,9-10,19,24H,1-2,4-5,8,11-18H2,(H,30,31)(H,32,35)(H,33,34)/t24-/m0/s1. The maximum Gasteiger partial charge on any atom is 0.326 e. The molecule has 0 bridgehead atoms. The summed E-state index contributed by atoms with van der Waals surface area (Å²) < 4.78 is 25.0. The van der Waals surface area contributed by atoms with Crippen molar-refractivity contribution in [2.75, 3.05) is 38.3 Å². The largest absolute Gasteiger partial charge is 0.480 e. The maximum absolute atomic E-state index is 13.9. The minimum Gasteiger partial charge on any atom is -0.480 e. The first-order valence-electron chi connectivity index (χ1n) is 13.2. The number of benzene rings is 1. The van der Waals surface area contributed by atoms with Crippen molar-refractivity contribution in [2.45, 2.75) is 62.8 Å². The minimum absolute atomic E-state index is 0.148. The Hall–Kier alpha value is -3.04. The van der Waals surface area contributed by atoms with E-state index in [1.165, 1.54) is 17.7 Å². The van der Waals surface area contributed by atoms with Gasteiger partial charge in [-0.3, -0.25) is 4.79 Å². The number of ether oxygens (including phenoxy) is 2. The Labute approximate surface area is 217 Å². The Bertz CT molecular complexity index is 1070. The number of carboxylic acids is 1. The molecule has 2 aliphatic heterocycles. The molecule has 2 aliphatic rings. The highest BCUT2D eigenvalue weighted by Gasteiger charge is 2.43. The van der Waals surface area contributed by atoms with E-state index >= 15 is 0 Å². The number of aromatic nitrogens is 1. The Morgan fingerprint density at radius 2 is 2.03 bits per heavy atom. The van der Waals surface area contributed by atoms with Crippen LogP contribution < -0.4 is 10.6 Å². The predicted octanol–water partition coefficient (Wildman–Crippen LogP) is 3.63. The average Bonchev–Trinajstić information content (AvgIpc) is 2.92. The number of carbonyl (C=O) groups is 2. The van der Waals surface area contributed by atoms with Gasteiger partial charge in [-0.15, -0.1) is 0 Å². The Balaban J connectivity index is 1.22. The summed E-state index contributed by atoms with van der Waals surface area (Å²) in [5, 5.41) is 15.7. The lowest BCUT2D eigenvalue weighted by molar-refractivity contribution is -0.144. The second-order valence-corrected chi connectivity index (χ2v) is 9.77. The lowest BCUT2D eigenvalue weighted by Gasteiger charge is -2.37. The summed E-state index contributed by atoms with van der Waals surface area (Å²) in [5.41, 5.74) is 1.85. The number of fused-ring (bicyclic) bond motifs is 1. The monoisotopic (exact) mass is 513 g/mol. The van der Waals surface area contributed by atoms with Gasteiger partial charge in [0.15, 0.2) is 0 Å². The summed E-state index contributed by atoms with van der Waals surface area (Å²) in [6.45, 7) is 2.39. The SMILES string of the molecule is O=C(O)[C@H](CCOCCCCc1ccc2c(n1)NCCC2)NC(=O)C1(c2cccc(F)c2)CCOCC1. The third-order valence-electron chi connectivity index (χ3n) is 7.24. The number of anilines is 1. The summed E-state index contributed by atoms with van der Waals surface area (Å²) in [7, 11) is 0. The number of halogens is 1. The number of carboxylic acid groups (broad SMARTS) is 1. The van der Waals surface area contributed by atoms with Crippen LogP contribution in [-0.2, 0) is 37.3 Å². The van der Waals surface area contributed by atoms with Crippen molar-refractivity contribution in [3.63, 3.8) is 0 Å². The first-order valence-corrected chi connectivity index (χ1v) is 13.2. The van der Waals surface area contributed by atoms with Gasteiger partial charge in [0.05, 0.1) is 5.41 Å². The fourth-order valence-electron chi connectivity index (χ4n) is 5.03. The molecule has 0 unspecified atom stereocenters. The van der Waals surface area contributed by atoms with Gasteiger partial charge in [0, 0.05) is 45.1 Å². The number of carbonyl (C=O) groups excluding carboxylic acids is 1. The second kappa shape index (κ2) is 13.0. The van der Waals surface area contributed by atoms with Crippen LogP contribution in [-0.4, -0.2) is 61.0 Å². The van der Waals surface area contributed by atoms with Gasteiger partial charge in [0.2, 0.25) is 5.91 Å². The molecule has 0 spiro atoms. The summed E-state index contributed by atoms with van der Waals surface area (Å²) >= 11 is 0. The molecule has 1 aromatic heterocycles. The summed E-state index contributed by atoms with van der Waals surface area (Å²) in [6, 6.07) is 9.10. The molecule has 1 fully saturated rings. The van der Waals surface area contributed by atoms with E-state index in [9.17, 15) is 19.1 Å². The van der Waals surface area contributed by atoms with Crippen LogP contribution in [0, 0.1) is 5.82 Å². The van der Waals surface area contributed by atoms with E-state index < -0.39 is 29.2 Å². The lowest BCUT2D eigenvalue weighted by atomic mass is 9.73. The van der Waals surface area contributed by atoms with Crippen LogP contribution in [0.4, 0.5) is 10.2 Å². The molecule has 200 valence electrons. The van der Waals surface area contributed by atoms with Crippen molar-refractivity contribution in [1.82, 2.24) is 10.3 Å². The number of amides is 1. The Morgan fingerprint density at radius 1 is 1.19 bits per heavy atom. The molecule has 9 heteroatoms. The van der Waals surface area contributed by atoms with Crippen molar-refractivity contribution in [3.8, 4) is 0 Å². The van der Waals surface area contributed by atoms with E-state index in [1.807, 2.05) is 0 Å². The van der Waals surface area contributed by atoms with Crippen molar-refractivity contribution in [2.24, 2.45) is 0 Å². The van der Waals surface area contributed by atoms with E-state index in [0.29, 0.717) is 38.2 Å². The zero-order valence-electron chi connectivity index (χ0n) is 21.1. The molecule has 1 saturated heterocycles. The highest BCUT2D eigenvalue weighted by Crippen LogP contribution is 2.35. The quantitative estimate of drug-likeness (QED) is 0.372. The second-order valence-electron chi connectivity index (χ2n) is 9.77. The number of unbranched alkanes of at least 4 members (excludes halogenated alkanes) is 1. The number of hydrogen-bond donors (Lipinski definition) is 3. The van der Waals surface area contributed by atoms with E-state index in [4.69, 9.17) is 14.5 Å². The number of pyridine rings is 1. The van der Waals surface area contributed by atoms with E-state index in [1.54, 1.807) is 12.1 Å². The first kappa shape index (κ1) is 27.0. The van der Waals surface area contributed by atoms with Gasteiger partial charge in [0.1, 0.15) is 17.7 Å². The Morgan fingerprint density at radius 3 is 2.81 bits per heavy atom. The van der Waals surface area contributed by atoms with Crippen LogP contribution in [0.1, 0.15) is 55.3 Å². The molecular weight excluding hydrogens is 477 g/mol. The zero-order valence-corrected chi connectivity index (χ0v) is 21.1. The van der Waals surface area contributed by atoms with E-state index in [0.717, 1.165) is 50.2 Å². The molecular formula is C28H36FN3O5. The molecule has 1 atom stereocenters. The first-order chi connectivity index (χ1) is 18.0. The fraction of sp³-hybridized carbons (Fsp3) is 0.536. The summed E-state index contributed by atoms with van der Waals surface area (Å²) in [4.78, 5) is 29.9. The van der Waals surface area contributed by atoms with Gasteiger partial charge < -0.3 is 25.2 Å². The molecule has 1 amide bonds. The highest BCUT2D eigenvalue weighted by molar-refractivity contribution is 5.91. The number of aryl methyl sites for hydroxylation is 2. The van der Waals surface area contributed by atoms with Crippen LogP contribution in [0.3, 0.4) is 0 Å². The van der Waals surface area contributed by atoms with Crippen LogP contribution in [0.15, 0.2) is 36.4 Å². The third kappa shape index (κ3) is 7.05. The summed E-state index contributed by atoms with van der Waals surface area (Å²) in [5.74, 6) is -0.966. The Kier molecular flexibility index (Phi) is 9.46. The molecule has 3 N–H and O–H groups in total. The number of hydrogen-bond acceptors (Lipinski definition) is 6. The average molecular weight is 514 g/mol. The molecule has 0 radical (unpaired) electrons. The van der Waals surface area contributed by atoms with Gasteiger partial charge in [-0.1, -0.05) is 18.2 Å². The highest BCUT2D eigenvalue weighted by atomic mass is 19.1. The van der Waals surface area contributed by atoms with Gasteiger partial charge in [-0.2, -0.15) is 0 Å². The van der Waals surface area contributed by atoms with E-state index in [-0.39, 0.29) is 13.0 Å². The number of aliphatic carboxylic acids is 1. The van der Waals surface area contributed by atoms with E-state index in [2.05, 4.69) is 22.8 Å². The number of nitrogens with one attached hydrogen (secondary N) is 2. The predicted molar refractivity (Wildman–Crippen MR) is 137 cm³/mol. The normalized spacial score (nSPS) is 17.3. The topological polar surface area (TPSA) is 110 Å². The van der Waals surface area contributed by atoms with Crippen molar-refractivity contribution in [1.29, 1.82) is 0 Å². The van der Waals surface area contributed by atoms with Crippen molar-refractivity contribution in [3.05, 3.63) is 59.0 Å².